The van der Waals surface area contributed by atoms with Crippen molar-refractivity contribution in [2.45, 2.75) is 6.42 Å². The van der Waals surface area contributed by atoms with Gasteiger partial charge in [0.1, 0.15) is 5.75 Å². The quantitative estimate of drug-likeness (QED) is 0.374. The lowest BCUT2D eigenvalue weighted by atomic mass is 9.91. The lowest BCUT2D eigenvalue weighted by Gasteiger charge is -2.22. The van der Waals surface area contributed by atoms with E-state index in [1.54, 1.807) is 0 Å². The van der Waals surface area contributed by atoms with Crippen molar-refractivity contribution in [1.82, 2.24) is 4.98 Å². The van der Waals surface area contributed by atoms with Gasteiger partial charge in [0.25, 0.3) is 0 Å². The highest BCUT2D eigenvalue weighted by Gasteiger charge is 2.22. The Morgan fingerprint density at radius 1 is 0.778 bits per heavy atom. The van der Waals surface area contributed by atoms with Gasteiger partial charge in [-0.05, 0) is 41.3 Å². The number of benzene rings is 3. The standard InChI is InChI=1S/C23H15Cl2NO/c24-16-8-4-14(5-9-16)21-18-2-1-3-20-22(18)19(12-13-27-20)26-23(21)15-6-10-17(25)11-7-15/h1-11H,12-13H2. The molecule has 2 heterocycles. The van der Waals surface area contributed by atoms with Crippen LogP contribution in [-0.2, 0) is 6.42 Å². The molecule has 2 nitrogen and oxygen atoms in total. The van der Waals surface area contributed by atoms with Gasteiger partial charge in [0.15, 0.2) is 0 Å². The molecule has 0 saturated carbocycles. The lowest BCUT2D eigenvalue weighted by Crippen LogP contribution is -2.11. The summed E-state index contributed by atoms with van der Waals surface area (Å²) in [6.07, 6.45) is 0.801. The van der Waals surface area contributed by atoms with Crippen molar-refractivity contribution >= 4 is 34.0 Å². The molecule has 0 fully saturated rings. The summed E-state index contributed by atoms with van der Waals surface area (Å²) in [6.45, 7) is 0.652. The van der Waals surface area contributed by atoms with E-state index in [1.165, 1.54) is 0 Å². The van der Waals surface area contributed by atoms with Crippen molar-refractivity contribution in [2.75, 3.05) is 6.61 Å². The second-order valence-corrected chi connectivity index (χ2v) is 7.45. The van der Waals surface area contributed by atoms with Gasteiger partial charge in [-0.2, -0.15) is 0 Å². The summed E-state index contributed by atoms with van der Waals surface area (Å²) in [5.74, 6) is 0.902. The highest BCUT2D eigenvalue weighted by molar-refractivity contribution is 6.31. The Bertz CT molecular complexity index is 1150. The molecule has 0 atom stereocenters. The number of pyridine rings is 1. The summed E-state index contributed by atoms with van der Waals surface area (Å²) in [5.41, 5.74) is 5.23. The van der Waals surface area contributed by atoms with Crippen LogP contribution in [0, 0.1) is 0 Å². The molecule has 1 aromatic heterocycles. The van der Waals surface area contributed by atoms with Crippen LogP contribution in [-0.4, -0.2) is 11.6 Å². The van der Waals surface area contributed by atoms with Crippen molar-refractivity contribution in [2.24, 2.45) is 0 Å². The Morgan fingerprint density at radius 3 is 2.15 bits per heavy atom. The van der Waals surface area contributed by atoms with Crippen LogP contribution in [0.1, 0.15) is 5.69 Å². The van der Waals surface area contributed by atoms with E-state index in [-0.39, 0.29) is 0 Å². The van der Waals surface area contributed by atoms with Crippen LogP contribution in [0.4, 0.5) is 0 Å². The summed E-state index contributed by atoms with van der Waals surface area (Å²) in [7, 11) is 0. The topological polar surface area (TPSA) is 22.1 Å². The third-order valence-electron chi connectivity index (χ3n) is 4.91. The van der Waals surface area contributed by atoms with Gasteiger partial charge in [-0.15, -0.1) is 0 Å². The van der Waals surface area contributed by atoms with Crippen LogP contribution < -0.4 is 4.74 Å². The van der Waals surface area contributed by atoms with E-state index in [1.807, 2.05) is 60.7 Å². The molecule has 0 bridgehead atoms. The van der Waals surface area contributed by atoms with E-state index < -0.39 is 0 Å². The normalized spacial score (nSPS) is 12.8. The first-order valence-corrected chi connectivity index (χ1v) is 9.56. The zero-order valence-corrected chi connectivity index (χ0v) is 15.9. The second kappa shape index (κ2) is 6.56. The molecule has 1 aliphatic heterocycles. The highest BCUT2D eigenvalue weighted by atomic mass is 35.5. The van der Waals surface area contributed by atoms with Gasteiger partial charge >= 0.3 is 0 Å². The Hall–Kier alpha value is -2.55. The fourth-order valence-electron chi connectivity index (χ4n) is 3.70. The number of ether oxygens (including phenoxy) is 1. The van der Waals surface area contributed by atoms with Crippen LogP contribution in [0.3, 0.4) is 0 Å². The zero-order valence-electron chi connectivity index (χ0n) is 14.4. The Balaban J connectivity index is 1.89. The largest absolute Gasteiger partial charge is 0.492 e. The maximum atomic E-state index is 6.12. The predicted molar refractivity (Wildman–Crippen MR) is 112 cm³/mol. The summed E-state index contributed by atoms with van der Waals surface area (Å²) in [5, 5.41) is 3.67. The number of hydrogen-bond donors (Lipinski definition) is 0. The molecule has 27 heavy (non-hydrogen) atoms. The van der Waals surface area contributed by atoms with E-state index >= 15 is 0 Å². The summed E-state index contributed by atoms with van der Waals surface area (Å²) in [6, 6.07) is 21.9. The number of halogens is 2. The maximum absolute atomic E-state index is 6.12. The molecule has 0 aliphatic carbocycles. The second-order valence-electron chi connectivity index (χ2n) is 6.57. The van der Waals surface area contributed by atoms with Gasteiger partial charge in [-0.1, -0.05) is 59.6 Å². The van der Waals surface area contributed by atoms with Gasteiger partial charge in [-0.25, -0.2) is 0 Å². The smallest absolute Gasteiger partial charge is 0.128 e. The fraction of sp³-hybridized carbons (Fsp3) is 0.0870. The van der Waals surface area contributed by atoms with Crippen LogP contribution in [0.2, 0.25) is 10.0 Å². The molecule has 4 aromatic rings. The molecule has 0 spiro atoms. The molecule has 0 unspecified atom stereocenters. The Morgan fingerprint density at radius 2 is 1.44 bits per heavy atom. The molecule has 0 amide bonds. The number of hydrogen-bond acceptors (Lipinski definition) is 2. The predicted octanol–water partition coefficient (Wildman–Crippen LogP) is 6.81. The third-order valence-corrected chi connectivity index (χ3v) is 5.42. The highest BCUT2D eigenvalue weighted by Crippen LogP contribution is 2.42. The Labute approximate surface area is 167 Å². The summed E-state index contributed by atoms with van der Waals surface area (Å²) < 4.78 is 5.89. The van der Waals surface area contributed by atoms with Crippen LogP contribution in [0.25, 0.3) is 33.2 Å². The van der Waals surface area contributed by atoms with Gasteiger partial charge in [0, 0.05) is 33.0 Å². The van der Waals surface area contributed by atoms with E-state index in [4.69, 9.17) is 32.9 Å². The summed E-state index contributed by atoms with van der Waals surface area (Å²) in [4.78, 5) is 5.07. The van der Waals surface area contributed by atoms with Crippen molar-refractivity contribution in [3.8, 4) is 28.1 Å². The van der Waals surface area contributed by atoms with Crippen molar-refractivity contribution in [1.29, 1.82) is 0 Å². The molecule has 0 saturated heterocycles. The van der Waals surface area contributed by atoms with Gasteiger partial charge in [-0.3, -0.25) is 4.98 Å². The average molecular weight is 392 g/mol. The van der Waals surface area contributed by atoms with Gasteiger partial charge < -0.3 is 4.74 Å². The SMILES string of the molecule is Clc1ccc(-c2nc3c4c(cccc4c2-c2ccc(Cl)cc2)OCC3)cc1. The number of nitrogens with zero attached hydrogens (tertiary/aromatic N) is 1. The minimum atomic E-state index is 0.652. The fourth-order valence-corrected chi connectivity index (χ4v) is 3.95. The van der Waals surface area contributed by atoms with Crippen molar-refractivity contribution in [3.05, 3.63) is 82.5 Å². The van der Waals surface area contributed by atoms with Gasteiger partial charge in [0.05, 0.1) is 18.0 Å². The van der Waals surface area contributed by atoms with E-state index in [2.05, 4.69) is 6.07 Å². The molecule has 0 N–H and O–H groups in total. The van der Waals surface area contributed by atoms with E-state index in [0.29, 0.717) is 16.7 Å². The number of rotatable bonds is 2. The van der Waals surface area contributed by atoms with E-state index in [9.17, 15) is 0 Å². The first-order chi connectivity index (χ1) is 13.2. The zero-order chi connectivity index (χ0) is 18.4. The monoisotopic (exact) mass is 391 g/mol. The number of aromatic nitrogens is 1. The van der Waals surface area contributed by atoms with Crippen LogP contribution in [0.5, 0.6) is 5.75 Å². The average Bonchev–Trinajstić information content (AvgIpc) is 2.70. The first kappa shape index (κ1) is 16.6. The lowest BCUT2D eigenvalue weighted by molar-refractivity contribution is 0.316. The van der Waals surface area contributed by atoms with Crippen molar-refractivity contribution in [3.63, 3.8) is 0 Å². The molecule has 5 rings (SSSR count). The minimum Gasteiger partial charge on any atom is -0.492 e. The molecular weight excluding hydrogens is 377 g/mol. The molecule has 1 aliphatic rings. The molecule has 0 radical (unpaired) electrons. The van der Waals surface area contributed by atoms with Crippen LogP contribution in [0.15, 0.2) is 66.7 Å². The molecule has 132 valence electrons. The summed E-state index contributed by atoms with van der Waals surface area (Å²) >= 11 is 12.2. The Kier molecular flexibility index (Phi) is 4.04. The van der Waals surface area contributed by atoms with Gasteiger partial charge in [0.2, 0.25) is 0 Å². The van der Waals surface area contributed by atoms with E-state index in [0.717, 1.165) is 51.0 Å². The minimum absolute atomic E-state index is 0.652. The molecular formula is C23H15Cl2NO. The first-order valence-electron chi connectivity index (χ1n) is 8.81. The maximum Gasteiger partial charge on any atom is 0.128 e. The third kappa shape index (κ3) is 2.86. The van der Waals surface area contributed by atoms with Crippen molar-refractivity contribution < 1.29 is 4.74 Å². The van der Waals surface area contributed by atoms with Crippen LogP contribution >= 0.6 is 23.2 Å². The molecule has 3 aromatic carbocycles. The molecule has 4 heteroatoms.